The number of hydrogen-bond donors (Lipinski definition) is 3. The minimum Gasteiger partial charge on any atom is -0.496 e. The van der Waals surface area contributed by atoms with Gasteiger partial charge in [-0.15, -0.1) is 0 Å². The van der Waals surface area contributed by atoms with Crippen LogP contribution in [0.15, 0.2) is 47.2 Å². The molecule has 0 aromatic heterocycles. The molecule has 30 heavy (non-hydrogen) atoms. The molecule has 1 aliphatic carbocycles. The Balaban J connectivity index is 1.84. The smallest absolute Gasteiger partial charge is 0.418 e. The summed E-state index contributed by atoms with van der Waals surface area (Å²) >= 11 is 5.98. The van der Waals surface area contributed by atoms with Crippen molar-refractivity contribution in [1.82, 2.24) is 10.7 Å². The van der Waals surface area contributed by atoms with Crippen LogP contribution >= 0.6 is 11.6 Å². The Bertz CT molecular complexity index is 883. The van der Waals surface area contributed by atoms with Crippen molar-refractivity contribution >= 4 is 17.8 Å². The Kier molecular flexibility index (Phi) is 6.11. The average molecular weight is 444 g/mol. The van der Waals surface area contributed by atoms with E-state index in [2.05, 4.69) is 15.8 Å². The van der Waals surface area contributed by atoms with Crippen molar-refractivity contribution in [3.8, 4) is 5.75 Å². The van der Waals surface area contributed by atoms with E-state index in [1.807, 2.05) is 6.08 Å². The predicted molar refractivity (Wildman–Crippen MR) is 111 cm³/mol. The summed E-state index contributed by atoms with van der Waals surface area (Å²) in [6.45, 7) is 2.59. The third-order valence-corrected chi connectivity index (χ3v) is 5.77. The molecule has 0 fully saturated rings. The number of rotatable bonds is 7. The fourth-order valence-corrected chi connectivity index (χ4v) is 4.11. The Morgan fingerprint density at radius 3 is 2.70 bits per heavy atom. The summed E-state index contributed by atoms with van der Waals surface area (Å²) in [6, 6.07) is 4.67. The number of allylic oxidation sites excluding steroid dienone is 2. The molecule has 3 atom stereocenters. The highest BCUT2D eigenvalue weighted by Crippen LogP contribution is 2.44. The van der Waals surface area contributed by atoms with Gasteiger partial charge in [0.2, 0.25) is 0 Å². The molecule has 9 heteroatoms. The normalized spacial score (nSPS) is 22.7. The lowest BCUT2D eigenvalue weighted by molar-refractivity contribution is -0.264. The van der Waals surface area contributed by atoms with Crippen molar-refractivity contribution in [2.24, 2.45) is 11.0 Å². The first-order valence-electron chi connectivity index (χ1n) is 9.51. The molecule has 5 nitrogen and oxygen atoms in total. The Morgan fingerprint density at radius 1 is 1.30 bits per heavy atom. The molecule has 0 saturated heterocycles. The highest BCUT2D eigenvalue weighted by atomic mass is 35.5. The summed E-state index contributed by atoms with van der Waals surface area (Å²) < 4.78 is 47.3. The van der Waals surface area contributed by atoms with Crippen LogP contribution in [0.2, 0.25) is 5.02 Å². The van der Waals surface area contributed by atoms with Gasteiger partial charge < -0.3 is 20.6 Å². The van der Waals surface area contributed by atoms with Crippen LogP contribution in [0.5, 0.6) is 5.75 Å². The van der Waals surface area contributed by atoms with Crippen molar-refractivity contribution in [3.63, 3.8) is 0 Å². The van der Waals surface area contributed by atoms with Gasteiger partial charge in [-0.3, -0.25) is 0 Å². The summed E-state index contributed by atoms with van der Waals surface area (Å²) in [7, 11) is 1.43. The van der Waals surface area contributed by atoms with Crippen LogP contribution in [-0.4, -0.2) is 42.8 Å². The van der Waals surface area contributed by atoms with Gasteiger partial charge in [0.25, 0.3) is 0 Å². The van der Waals surface area contributed by atoms with Gasteiger partial charge in [0.15, 0.2) is 5.60 Å². The van der Waals surface area contributed by atoms with Gasteiger partial charge in [0, 0.05) is 16.9 Å². The SMILES string of the molecule is COc1cc(Cl)ccc1C(C)(C)CC(O)(CNC1=CC=CC2NN=CC12)C(F)(F)F. The Morgan fingerprint density at radius 2 is 2.03 bits per heavy atom. The van der Waals surface area contributed by atoms with Gasteiger partial charge in [-0.05, 0) is 35.6 Å². The zero-order valence-corrected chi connectivity index (χ0v) is 17.7. The maximum atomic E-state index is 14.0. The zero-order chi connectivity index (χ0) is 22.2. The maximum Gasteiger partial charge on any atom is 0.418 e. The molecule has 1 aromatic rings. The number of alkyl halides is 3. The Hall–Kier alpha value is -2.19. The monoisotopic (exact) mass is 443 g/mol. The molecule has 0 saturated carbocycles. The van der Waals surface area contributed by atoms with Crippen LogP contribution in [0.4, 0.5) is 13.2 Å². The molecule has 3 rings (SSSR count). The van der Waals surface area contributed by atoms with Gasteiger partial charge in [0.1, 0.15) is 5.75 Å². The molecular weight excluding hydrogens is 419 g/mol. The fourth-order valence-electron chi connectivity index (χ4n) is 3.95. The average Bonchev–Trinajstić information content (AvgIpc) is 3.14. The van der Waals surface area contributed by atoms with Crippen LogP contribution in [0, 0.1) is 5.92 Å². The van der Waals surface area contributed by atoms with Crippen LogP contribution in [0.1, 0.15) is 25.8 Å². The lowest BCUT2D eigenvalue weighted by Gasteiger charge is -2.39. The topological polar surface area (TPSA) is 65.9 Å². The quantitative estimate of drug-likeness (QED) is 0.597. The van der Waals surface area contributed by atoms with Crippen molar-refractivity contribution in [2.45, 2.75) is 43.5 Å². The summed E-state index contributed by atoms with van der Waals surface area (Å²) in [5, 5.41) is 18.0. The number of halogens is 4. The third kappa shape index (κ3) is 4.44. The molecule has 0 bridgehead atoms. The van der Waals surface area contributed by atoms with E-state index < -0.39 is 30.2 Å². The molecule has 0 radical (unpaired) electrons. The van der Waals surface area contributed by atoms with Gasteiger partial charge in [-0.1, -0.05) is 43.7 Å². The van der Waals surface area contributed by atoms with Gasteiger partial charge in [-0.2, -0.15) is 18.3 Å². The molecule has 2 aliphatic rings. The second kappa shape index (κ2) is 8.15. The molecule has 0 amide bonds. The highest BCUT2D eigenvalue weighted by molar-refractivity contribution is 6.30. The van der Waals surface area contributed by atoms with Crippen LogP contribution in [0.3, 0.4) is 0 Å². The zero-order valence-electron chi connectivity index (χ0n) is 16.9. The number of fused-ring (bicyclic) bond motifs is 1. The molecule has 3 N–H and O–H groups in total. The fraction of sp³-hybridized carbons (Fsp3) is 0.476. The lowest BCUT2D eigenvalue weighted by Crippen LogP contribution is -2.55. The van der Waals surface area contributed by atoms with Crippen molar-refractivity contribution < 1.29 is 23.0 Å². The number of hydrogen-bond acceptors (Lipinski definition) is 5. The molecule has 3 unspecified atom stereocenters. The summed E-state index contributed by atoms with van der Waals surface area (Å²) in [5.74, 6) is 0.179. The van der Waals surface area contributed by atoms with Crippen molar-refractivity contribution in [1.29, 1.82) is 0 Å². The lowest BCUT2D eigenvalue weighted by atomic mass is 9.74. The molecular formula is C21H25ClF3N3O2. The molecule has 164 valence electrons. The molecule has 1 aliphatic heterocycles. The summed E-state index contributed by atoms with van der Waals surface area (Å²) in [5.41, 5.74) is -0.0374. The molecule has 0 spiro atoms. The van der Waals surface area contributed by atoms with Crippen molar-refractivity contribution in [3.05, 3.63) is 52.7 Å². The number of nitrogens with zero attached hydrogens (tertiary/aromatic N) is 1. The van der Waals surface area contributed by atoms with Gasteiger partial charge >= 0.3 is 6.18 Å². The number of aliphatic hydroxyl groups is 1. The van der Waals surface area contributed by atoms with E-state index in [-0.39, 0.29) is 12.0 Å². The standard InChI is InChI=1S/C21H25ClF3N3O2/c1-19(2,15-8-7-13(22)9-18(15)30-3)11-20(29,21(23,24)25)12-26-16-5-4-6-17-14(16)10-27-28-17/h4-10,14,17,26,28-29H,11-12H2,1-3H3. The largest absolute Gasteiger partial charge is 0.496 e. The van der Waals surface area contributed by atoms with Crippen molar-refractivity contribution in [2.75, 3.05) is 13.7 Å². The first-order chi connectivity index (χ1) is 14.0. The molecule has 1 heterocycles. The van der Waals surface area contributed by atoms with E-state index in [1.54, 1.807) is 50.4 Å². The minimum absolute atomic E-state index is 0.105. The van der Waals surface area contributed by atoms with E-state index in [4.69, 9.17) is 16.3 Å². The van der Waals surface area contributed by atoms with Crippen LogP contribution in [-0.2, 0) is 5.41 Å². The van der Waals surface area contributed by atoms with Gasteiger partial charge in [-0.25, -0.2) is 0 Å². The van der Waals surface area contributed by atoms with E-state index >= 15 is 0 Å². The first kappa shape index (κ1) is 22.5. The van der Waals surface area contributed by atoms with E-state index in [0.717, 1.165) is 0 Å². The second-order valence-corrected chi connectivity index (χ2v) is 8.69. The van der Waals surface area contributed by atoms with E-state index in [0.29, 0.717) is 22.0 Å². The molecule has 1 aromatic carbocycles. The second-order valence-electron chi connectivity index (χ2n) is 8.25. The first-order valence-corrected chi connectivity index (χ1v) is 9.89. The number of benzene rings is 1. The Labute approximate surface area is 178 Å². The maximum absolute atomic E-state index is 14.0. The minimum atomic E-state index is -4.84. The van der Waals surface area contributed by atoms with Crippen LogP contribution < -0.4 is 15.5 Å². The number of nitrogens with one attached hydrogen (secondary N) is 2. The summed E-state index contributed by atoms with van der Waals surface area (Å²) in [6.07, 6.45) is 1.56. The van der Waals surface area contributed by atoms with E-state index in [9.17, 15) is 18.3 Å². The predicted octanol–water partition coefficient (Wildman–Crippen LogP) is 3.93. The van der Waals surface area contributed by atoms with E-state index in [1.165, 1.54) is 7.11 Å². The number of ether oxygens (including phenoxy) is 1. The van der Waals surface area contributed by atoms with Crippen LogP contribution in [0.25, 0.3) is 0 Å². The number of methoxy groups -OCH3 is 1. The summed E-state index contributed by atoms with van der Waals surface area (Å²) in [4.78, 5) is 0. The highest BCUT2D eigenvalue weighted by Gasteiger charge is 2.56. The van der Waals surface area contributed by atoms with Gasteiger partial charge in [0.05, 0.1) is 25.6 Å². The number of hydrazone groups is 1. The third-order valence-electron chi connectivity index (χ3n) is 5.54.